The van der Waals surface area contributed by atoms with Crippen LogP contribution in [0.1, 0.15) is 34.7 Å². The fraction of sp³-hybridized carbons (Fsp3) is 0.167. The number of carbonyl (C=O) groups is 1. The maximum Gasteiger partial charge on any atom is 0.342 e. The number of anilines is 1. The van der Waals surface area contributed by atoms with Crippen molar-refractivity contribution < 1.29 is 19.0 Å². The Bertz CT molecular complexity index is 1530. The largest absolute Gasteiger partial charge is 0.508 e. The summed E-state index contributed by atoms with van der Waals surface area (Å²) >= 11 is 3.48. The van der Waals surface area contributed by atoms with Gasteiger partial charge in [0.15, 0.2) is 0 Å². The molecule has 0 radical (unpaired) electrons. The summed E-state index contributed by atoms with van der Waals surface area (Å²) in [6.45, 7) is 0. The van der Waals surface area contributed by atoms with Crippen molar-refractivity contribution in [3.8, 4) is 11.5 Å². The number of ether oxygens (including phenoxy) is 1. The zero-order valence-corrected chi connectivity index (χ0v) is 22.7. The number of pyridine rings is 1. The first-order valence-corrected chi connectivity index (χ1v) is 13.2. The fourth-order valence-corrected chi connectivity index (χ4v) is 5.13. The van der Waals surface area contributed by atoms with Gasteiger partial charge in [-0.3, -0.25) is 4.98 Å². The Kier molecular flexibility index (Phi) is 7.88. The van der Waals surface area contributed by atoms with Crippen molar-refractivity contribution in [1.29, 1.82) is 0 Å². The predicted molar refractivity (Wildman–Crippen MR) is 152 cm³/mol. The van der Waals surface area contributed by atoms with Crippen LogP contribution in [0.4, 0.5) is 14.9 Å². The van der Waals surface area contributed by atoms with Gasteiger partial charge < -0.3 is 15.2 Å². The first kappa shape index (κ1) is 26.4. The number of benzene rings is 3. The summed E-state index contributed by atoms with van der Waals surface area (Å²) in [6, 6.07) is 19.7. The minimum Gasteiger partial charge on any atom is -0.508 e. The van der Waals surface area contributed by atoms with Gasteiger partial charge in [0, 0.05) is 45.7 Å². The van der Waals surface area contributed by atoms with Gasteiger partial charge in [0.1, 0.15) is 17.3 Å². The van der Waals surface area contributed by atoms with Crippen LogP contribution in [0.2, 0.25) is 0 Å². The van der Waals surface area contributed by atoms with E-state index in [0.717, 1.165) is 15.6 Å². The second-order valence-electron chi connectivity index (χ2n) is 9.06. The van der Waals surface area contributed by atoms with Gasteiger partial charge in [0.25, 0.3) is 0 Å². The number of urea groups is 1. The number of phenols is 1. The van der Waals surface area contributed by atoms with E-state index in [-0.39, 0.29) is 5.75 Å². The third-order valence-corrected chi connectivity index (χ3v) is 7.15. The van der Waals surface area contributed by atoms with Crippen molar-refractivity contribution in [3.05, 3.63) is 118 Å². The molecule has 1 unspecified atom stereocenters. The first-order chi connectivity index (χ1) is 18.9. The lowest BCUT2D eigenvalue weighted by atomic mass is 9.98. The van der Waals surface area contributed by atoms with Crippen LogP contribution in [0.5, 0.6) is 11.5 Å². The number of nitrogens with zero attached hydrogens (tertiary/aromatic N) is 3. The molecule has 7 nitrogen and oxygen atoms in total. The molecule has 3 aromatic carbocycles. The van der Waals surface area contributed by atoms with Crippen LogP contribution in [0.3, 0.4) is 0 Å². The lowest BCUT2D eigenvalue weighted by Gasteiger charge is -2.23. The molecule has 5 rings (SSSR count). The minimum atomic E-state index is -0.552. The minimum absolute atomic E-state index is 0.0670. The Morgan fingerprint density at radius 2 is 1.97 bits per heavy atom. The lowest BCUT2D eigenvalue weighted by molar-refractivity contribution is 0.199. The summed E-state index contributed by atoms with van der Waals surface area (Å²) in [5.74, 6) is 0.359. The SMILES string of the molecule is COc1ccc(Br)cc1CCc1c(F)cccc1NC(=O)N1N=C(c2cccnc2)CC1c1ccccc1O. The quantitative estimate of drug-likeness (QED) is 0.247. The molecule has 4 aromatic rings. The van der Waals surface area contributed by atoms with E-state index in [1.165, 1.54) is 11.1 Å². The van der Waals surface area contributed by atoms with Gasteiger partial charge in [-0.25, -0.2) is 14.2 Å². The van der Waals surface area contributed by atoms with Crippen LogP contribution in [0, 0.1) is 5.82 Å². The molecule has 2 amide bonds. The normalized spacial score (nSPS) is 14.7. The summed E-state index contributed by atoms with van der Waals surface area (Å²) in [6.07, 6.45) is 4.57. The number of halogens is 2. The molecule has 0 spiro atoms. The number of amides is 2. The van der Waals surface area contributed by atoms with Gasteiger partial charge in [-0.1, -0.05) is 46.3 Å². The summed E-state index contributed by atoms with van der Waals surface area (Å²) in [7, 11) is 1.60. The van der Waals surface area contributed by atoms with E-state index in [4.69, 9.17) is 4.74 Å². The Morgan fingerprint density at radius 1 is 1.13 bits per heavy atom. The van der Waals surface area contributed by atoms with Crippen LogP contribution < -0.4 is 10.1 Å². The van der Waals surface area contributed by atoms with Gasteiger partial charge >= 0.3 is 6.03 Å². The van der Waals surface area contributed by atoms with Crippen LogP contribution in [-0.2, 0) is 12.8 Å². The number of hydrogen-bond donors (Lipinski definition) is 2. The fourth-order valence-electron chi connectivity index (χ4n) is 4.72. The van der Waals surface area contributed by atoms with Gasteiger partial charge in [0.2, 0.25) is 0 Å². The van der Waals surface area contributed by atoms with E-state index in [2.05, 4.69) is 31.3 Å². The Balaban J connectivity index is 1.43. The van der Waals surface area contributed by atoms with Crippen molar-refractivity contribution in [2.75, 3.05) is 12.4 Å². The van der Waals surface area contributed by atoms with Gasteiger partial charge in [-0.15, -0.1) is 0 Å². The summed E-state index contributed by atoms with van der Waals surface area (Å²) in [5, 5.41) is 19.3. The molecular formula is C30H26BrFN4O3. The first-order valence-electron chi connectivity index (χ1n) is 12.4. The molecule has 1 aliphatic rings. The summed E-state index contributed by atoms with van der Waals surface area (Å²) in [5.41, 5.74) is 3.65. The average Bonchev–Trinajstić information content (AvgIpc) is 3.39. The standard InChI is InChI=1S/C30H26BrFN4O3/c1-39-29-14-12-21(31)16-19(29)11-13-22-24(32)8-4-9-25(22)34-30(38)36-27(23-7-2-3-10-28(23)37)17-26(35-36)20-6-5-15-33-18-20/h2-10,12,14-16,18,27,37H,11,13,17H2,1H3,(H,34,38). The maximum absolute atomic E-state index is 15.0. The predicted octanol–water partition coefficient (Wildman–Crippen LogP) is 6.87. The number of rotatable bonds is 7. The van der Waals surface area contributed by atoms with Gasteiger partial charge in [-0.05, 0) is 60.9 Å². The van der Waals surface area contributed by atoms with Crippen molar-refractivity contribution >= 4 is 33.4 Å². The topological polar surface area (TPSA) is 87.0 Å². The molecule has 2 heterocycles. The molecule has 1 aromatic heterocycles. The van der Waals surface area contributed by atoms with E-state index in [1.807, 2.05) is 24.3 Å². The zero-order valence-electron chi connectivity index (χ0n) is 21.1. The van der Waals surface area contributed by atoms with Crippen LogP contribution in [0.15, 0.2) is 94.8 Å². The van der Waals surface area contributed by atoms with Crippen molar-refractivity contribution in [3.63, 3.8) is 0 Å². The second kappa shape index (κ2) is 11.7. The molecule has 1 aliphatic heterocycles. The van der Waals surface area contributed by atoms with Crippen LogP contribution >= 0.6 is 15.9 Å². The molecule has 39 heavy (non-hydrogen) atoms. The molecule has 9 heteroatoms. The molecule has 0 bridgehead atoms. The molecule has 0 saturated heterocycles. The van der Waals surface area contributed by atoms with Crippen LogP contribution in [-0.4, -0.2) is 34.0 Å². The number of methoxy groups -OCH3 is 1. The van der Waals surface area contributed by atoms with E-state index >= 15 is 4.39 Å². The highest BCUT2D eigenvalue weighted by Gasteiger charge is 2.35. The highest BCUT2D eigenvalue weighted by molar-refractivity contribution is 9.10. The molecule has 2 N–H and O–H groups in total. The molecule has 0 aliphatic carbocycles. The number of nitrogens with one attached hydrogen (secondary N) is 1. The number of phenolic OH excluding ortho intramolecular Hbond substituents is 1. The van der Waals surface area contributed by atoms with Crippen molar-refractivity contribution in [1.82, 2.24) is 9.99 Å². The summed E-state index contributed by atoms with van der Waals surface area (Å²) < 4.78 is 21.4. The summed E-state index contributed by atoms with van der Waals surface area (Å²) in [4.78, 5) is 17.8. The van der Waals surface area contributed by atoms with E-state index in [0.29, 0.717) is 47.5 Å². The van der Waals surface area contributed by atoms with Gasteiger partial charge in [-0.2, -0.15) is 5.10 Å². The monoisotopic (exact) mass is 588 g/mol. The highest BCUT2D eigenvalue weighted by atomic mass is 79.9. The zero-order chi connectivity index (χ0) is 27.4. The Hall–Kier alpha value is -4.24. The third-order valence-electron chi connectivity index (χ3n) is 6.66. The third kappa shape index (κ3) is 5.78. The molecular weight excluding hydrogens is 563 g/mol. The van der Waals surface area contributed by atoms with Crippen LogP contribution in [0.25, 0.3) is 0 Å². The Morgan fingerprint density at radius 3 is 2.74 bits per heavy atom. The number of aryl methyl sites for hydroxylation is 1. The number of hydrazone groups is 1. The lowest BCUT2D eigenvalue weighted by Crippen LogP contribution is -2.31. The number of aromatic nitrogens is 1. The average molecular weight is 589 g/mol. The number of aromatic hydroxyl groups is 1. The molecule has 0 fully saturated rings. The Labute approximate surface area is 234 Å². The number of hydrogen-bond acceptors (Lipinski definition) is 5. The second-order valence-corrected chi connectivity index (χ2v) is 9.98. The van der Waals surface area contributed by atoms with E-state index < -0.39 is 17.9 Å². The molecule has 1 atom stereocenters. The number of para-hydroxylation sites is 1. The highest BCUT2D eigenvalue weighted by Crippen LogP contribution is 2.37. The van der Waals surface area contributed by atoms with Crippen molar-refractivity contribution in [2.45, 2.75) is 25.3 Å². The number of carbonyl (C=O) groups excluding carboxylic acids is 1. The molecule has 198 valence electrons. The van der Waals surface area contributed by atoms with E-state index in [1.54, 1.807) is 62.0 Å². The van der Waals surface area contributed by atoms with Gasteiger partial charge in [0.05, 0.1) is 18.9 Å². The maximum atomic E-state index is 15.0. The molecule has 0 saturated carbocycles. The smallest absolute Gasteiger partial charge is 0.342 e. The van der Waals surface area contributed by atoms with Crippen molar-refractivity contribution in [2.24, 2.45) is 5.10 Å². The van der Waals surface area contributed by atoms with E-state index in [9.17, 15) is 9.90 Å².